The fourth-order valence-corrected chi connectivity index (χ4v) is 13.7. The Kier molecular flexibility index (Phi) is 55.8. The molecule has 0 bridgehead atoms. The van der Waals surface area contributed by atoms with Crippen molar-refractivity contribution in [2.75, 3.05) is 208 Å². The van der Waals surface area contributed by atoms with Crippen LogP contribution in [0.25, 0.3) is 11.3 Å². The molecule has 1 aromatic heterocycles. The number of nitrogens with one attached hydrogen (secondary N) is 9. The van der Waals surface area contributed by atoms with Gasteiger partial charge < -0.3 is 127 Å². The van der Waals surface area contributed by atoms with Crippen molar-refractivity contribution in [2.24, 2.45) is 0 Å². The molecule has 131 heavy (non-hydrogen) atoms. The standard InChI is InChI=1S/C84H125IN16O29S/c85-62-17-13-60(14-18-62)51-72(103)86-24-4-2-11-67(79(115)116)92-78(114)66(10-1-6-26-88-84(131)90-63-19-15-59(16-20-63)50-65-53-99(57-76(110)111)30-29-97(55-74(106)107)27-28-98(56-75(108)109)31-32-100(65)58-77(112)113)91-71(102)23-34-123-36-38-125-40-42-127-44-46-129-48-49-130-47-45-128-43-41-126-39-37-124-35-33-101-54-70(95-96-101)61-8-7-9-64(52-61)89-82(121)87-25-5-3-12-68(80(117)118)93-83(122)94-69(81(119)120)21-22-73(104)105/h7-9,13-20,52,54,65-69H,1-6,10-12,21-51,53,55-58H2,(H,86,103)(H,91,102)(H,92,114)(H,104,105)(H,106,107)(H,108,109)(H,110,111)(H,112,113)(H,115,116)(H,117,118)(H,119,120)(H2,87,89,121)(H2,88,90,131)(H2,93,94,122)/t65?,66-,67-,68-,69-/m0/s1. The molecule has 7 amide bonds. The van der Waals surface area contributed by atoms with Crippen LogP contribution in [0.2, 0.25) is 0 Å². The van der Waals surface area contributed by atoms with Gasteiger partial charge in [-0.05, 0) is 153 Å². The summed E-state index contributed by atoms with van der Waals surface area (Å²) in [5.41, 5.74) is 3.93. The van der Waals surface area contributed by atoms with Crippen LogP contribution in [0.3, 0.4) is 0 Å². The maximum atomic E-state index is 13.9. The van der Waals surface area contributed by atoms with Crippen molar-refractivity contribution in [3.63, 3.8) is 0 Å². The zero-order valence-corrected chi connectivity index (χ0v) is 76.3. The van der Waals surface area contributed by atoms with Crippen LogP contribution in [0.15, 0.2) is 79.0 Å². The largest absolute Gasteiger partial charge is 0.481 e. The fraction of sp³-hybridized carbons (Fsp3) is 0.595. The van der Waals surface area contributed by atoms with Gasteiger partial charge in [0.05, 0.1) is 151 Å². The van der Waals surface area contributed by atoms with E-state index in [1.807, 2.05) is 36.4 Å². The van der Waals surface area contributed by atoms with Crippen LogP contribution in [-0.4, -0.2) is 386 Å². The zero-order chi connectivity index (χ0) is 95.3. The Labute approximate surface area is 777 Å². The van der Waals surface area contributed by atoms with E-state index in [2.05, 4.69) is 80.8 Å². The summed E-state index contributed by atoms with van der Waals surface area (Å²) in [6.45, 7) is 5.47. The van der Waals surface area contributed by atoms with Crippen molar-refractivity contribution in [1.82, 2.24) is 71.8 Å². The number of halogens is 1. The van der Waals surface area contributed by atoms with Gasteiger partial charge in [0.25, 0.3) is 0 Å². The van der Waals surface area contributed by atoms with E-state index in [1.54, 1.807) is 66.9 Å². The van der Waals surface area contributed by atoms with Gasteiger partial charge >= 0.3 is 59.8 Å². The van der Waals surface area contributed by atoms with Crippen LogP contribution < -0.4 is 47.9 Å². The third-order valence-corrected chi connectivity index (χ3v) is 20.8. The number of carboxylic acids is 8. The molecule has 5 rings (SSSR count). The molecule has 45 nitrogen and oxygen atoms in total. The Hall–Kier alpha value is -10.6. The topological polar surface area (TPSA) is 610 Å². The lowest BCUT2D eigenvalue weighted by atomic mass is 10.0. The minimum absolute atomic E-state index is 0.00398. The van der Waals surface area contributed by atoms with Crippen molar-refractivity contribution in [3.8, 4) is 11.3 Å². The molecule has 47 heteroatoms. The number of aromatic nitrogens is 3. The molecule has 4 aromatic rings. The van der Waals surface area contributed by atoms with Gasteiger partial charge in [0, 0.05) is 105 Å². The maximum Gasteiger partial charge on any atom is 0.326 e. The van der Waals surface area contributed by atoms with Crippen molar-refractivity contribution >= 4 is 129 Å². The summed E-state index contributed by atoms with van der Waals surface area (Å²) in [6.07, 6.45) is 3.60. The highest BCUT2D eigenvalue weighted by molar-refractivity contribution is 14.1. The van der Waals surface area contributed by atoms with Crippen molar-refractivity contribution in [3.05, 3.63) is 93.7 Å². The first-order chi connectivity index (χ1) is 63.0. The third-order valence-electron chi connectivity index (χ3n) is 19.8. The smallest absolute Gasteiger partial charge is 0.326 e. The Morgan fingerprint density at radius 3 is 1.40 bits per heavy atom. The number of unbranched alkanes of at least 4 members (excludes halogenated alkanes) is 3. The van der Waals surface area contributed by atoms with Crippen molar-refractivity contribution < 1.29 is 141 Å². The normalized spacial score (nSPS) is 14.5. The number of anilines is 2. The molecule has 17 N–H and O–H groups in total. The molecule has 0 spiro atoms. The lowest BCUT2D eigenvalue weighted by molar-refractivity contribution is -0.142. The summed E-state index contributed by atoms with van der Waals surface area (Å²) in [4.78, 5) is 166. The predicted octanol–water partition coefficient (Wildman–Crippen LogP) is 1.65. The number of hydrogen-bond donors (Lipinski definition) is 17. The van der Waals surface area contributed by atoms with Gasteiger partial charge in [0.1, 0.15) is 29.9 Å². The van der Waals surface area contributed by atoms with Gasteiger partial charge in [-0.25, -0.2) is 28.7 Å². The molecular weight excluding hydrogens is 1860 g/mol. The van der Waals surface area contributed by atoms with Gasteiger partial charge in [-0.3, -0.25) is 58.0 Å². The summed E-state index contributed by atoms with van der Waals surface area (Å²) in [5.74, 6) is -11.2. The lowest BCUT2D eigenvalue weighted by Gasteiger charge is -2.37. The average Bonchev–Trinajstić information content (AvgIpc) is 1.75. The minimum atomic E-state index is -1.53. The number of rotatable bonds is 68. The predicted molar refractivity (Wildman–Crippen MR) is 484 cm³/mol. The molecule has 1 saturated heterocycles. The quantitative estimate of drug-likeness (QED) is 0.0170. The lowest BCUT2D eigenvalue weighted by Crippen LogP contribution is -2.53. The van der Waals surface area contributed by atoms with Gasteiger partial charge in [-0.1, -0.05) is 41.6 Å². The van der Waals surface area contributed by atoms with Crippen molar-refractivity contribution in [2.45, 2.75) is 127 Å². The number of nitrogens with zero attached hydrogens (tertiary/aromatic N) is 7. The van der Waals surface area contributed by atoms with E-state index in [4.69, 9.17) is 55.2 Å². The van der Waals surface area contributed by atoms with E-state index in [-0.39, 0.29) is 148 Å². The van der Waals surface area contributed by atoms with E-state index in [0.29, 0.717) is 154 Å². The molecule has 1 aliphatic heterocycles. The molecule has 5 atom stereocenters. The van der Waals surface area contributed by atoms with Crippen LogP contribution in [0.1, 0.15) is 88.2 Å². The van der Waals surface area contributed by atoms with E-state index >= 15 is 0 Å². The number of ether oxygens (including phenoxy) is 8. The number of urea groups is 2. The number of aliphatic carboxylic acids is 8. The highest BCUT2D eigenvalue weighted by atomic mass is 127. The summed E-state index contributed by atoms with van der Waals surface area (Å²) in [7, 11) is 0. The van der Waals surface area contributed by atoms with Gasteiger partial charge in [0.2, 0.25) is 17.7 Å². The molecule has 728 valence electrons. The monoisotopic (exact) mass is 1980 g/mol. The molecule has 0 saturated carbocycles. The van der Waals surface area contributed by atoms with Crippen LogP contribution in [0, 0.1) is 3.57 Å². The summed E-state index contributed by atoms with van der Waals surface area (Å²) < 4.78 is 47.5. The SMILES string of the molecule is O=C(O)CC[C@H](NC(=O)N[C@@H](CCCCNC(=O)Nc1cccc(-c2cn(CCOCCOCCOCCOCCOCCOCCOCCOCCC(=O)N[C@@H](CCCCNC(=S)Nc3ccc(CC4CN(CC(=O)O)CCN(CC(=O)O)CCN(CC(=O)O)CCN4CC(=O)O)cc3)C(=O)N[C@@H](CCCCNC(=O)Cc3ccc(I)cc3)C(=O)O)nn2)c1)C(=O)O)C(=O)O. The third kappa shape index (κ3) is 52.3. The highest BCUT2D eigenvalue weighted by Gasteiger charge is 2.31. The number of benzene rings is 3. The second kappa shape index (κ2) is 65.9. The van der Waals surface area contributed by atoms with Crippen LogP contribution >= 0.6 is 34.8 Å². The average molecular weight is 1980 g/mol. The van der Waals surface area contributed by atoms with Crippen LogP contribution in [-0.2, 0) is 110 Å². The molecule has 3 aromatic carbocycles. The Balaban J connectivity index is 0.911. The molecule has 1 aliphatic rings. The first-order valence-electron chi connectivity index (χ1n) is 43.1. The zero-order valence-electron chi connectivity index (χ0n) is 73.3. The number of amides is 7. The Morgan fingerprint density at radius 2 is 0.885 bits per heavy atom. The molecule has 2 heterocycles. The molecular formula is C84H125IN16O29S. The Morgan fingerprint density at radius 1 is 0.427 bits per heavy atom. The molecule has 0 aliphatic carbocycles. The Bertz CT molecular complexity index is 4150. The van der Waals surface area contributed by atoms with E-state index in [9.17, 15) is 98.1 Å². The van der Waals surface area contributed by atoms with Gasteiger partial charge in [-0.15, -0.1) is 5.10 Å². The second-order valence-electron chi connectivity index (χ2n) is 30.2. The molecule has 1 fully saturated rings. The maximum absolute atomic E-state index is 13.9. The number of thiocarbonyl (C=S) groups is 1. The number of carboxylic acid groups (broad SMARTS) is 8. The number of carbonyl (C=O) groups excluding carboxylic acids is 5. The second-order valence-corrected chi connectivity index (χ2v) is 31.9. The summed E-state index contributed by atoms with van der Waals surface area (Å²) >= 11 is 7.78. The van der Waals surface area contributed by atoms with Gasteiger partial charge in [-0.2, -0.15) is 0 Å². The van der Waals surface area contributed by atoms with Crippen molar-refractivity contribution in [1.29, 1.82) is 0 Å². The van der Waals surface area contributed by atoms with Crippen LogP contribution in [0.5, 0.6) is 0 Å². The first kappa shape index (κ1) is 111. The van der Waals surface area contributed by atoms with Crippen LogP contribution in [0.4, 0.5) is 21.0 Å². The molecule has 1 unspecified atom stereocenters. The van der Waals surface area contributed by atoms with E-state index in [1.165, 1.54) is 0 Å². The highest BCUT2D eigenvalue weighted by Crippen LogP contribution is 2.22. The number of carbonyl (C=O) groups is 13. The number of hydrogen-bond acceptors (Lipinski definition) is 28. The molecule has 0 radical (unpaired) electrons. The van der Waals surface area contributed by atoms with Gasteiger partial charge in [0.15, 0.2) is 5.11 Å². The van der Waals surface area contributed by atoms with E-state index < -0.39 is 128 Å². The summed E-state index contributed by atoms with van der Waals surface area (Å²) in [5, 5.41) is 110. The summed E-state index contributed by atoms with van der Waals surface area (Å²) in [6, 6.07) is 14.2. The van der Waals surface area contributed by atoms with E-state index in [0.717, 1.165) is 14.7 Å². The minimum Gasteiger partial charge on any atom is -0.481 e. The first-order valence-corrected chi connectivity index (χ1v) is 44.6. The fourth-order valence-electron chi connectivity index (χ4n) is 13.1.